The molecule has 0 spiro atoms. The van der Waals surface area contributed by atoms with Crippen molar-refractivity contribution in [3.05, 3.63) is 73.9 Å². The molecule has 0 aliphatic rings. The third-order valence-electron chi connectivity index (χ3n) is 3.69. The van der Waals surface area contributed by atoms with E-state index >= 15 is 0 Å². The Hall–Kier alpha value is -2.40. The predicted molar refractivity (Wildman–Crippen MR) is 90.4 cm³/mol. The standard InChI is InChI=1S/C17H17ClN4O/c1-10-8-11(2)20-17(19-10)22-16(23)14(12(3)21-22)9-13-6-4-5-7-15(13)18/h4-8,21H,9H2,1-3H3. The fraction of sp³-hybridized carbons (Fsp3) is 0.235. The first kappa shape index (κ1) is 15.5. The average Bonchev–Trinajstić information content (AvgIpc) is 2.76. The summed E-state index contributed by atoms with van der Waals surface area (Å²) in [5, 5.41) is 3.71. The Balaban J connectivity index is 2.06. The zero-order chi connectivity index (χ0) is 16.6. The Kier molecular flexibility index (Phi) is 4.05. The van der Waals surface area contributed by atoms with Crippen LogP contribution < -0.4 is 5.56 Å². The number of nitrogens with zero attached hydrogens (tertiary/aromatic N) is 3. The first-order chi connectivity index (χ1) is 11.0. The highest BCUT2D eigenvalue weighted by Gasteiger charge is 2.16. The van der Waals surface area contributed by atoms with Crippen LogP contribution in [0, 0.1) is 20.8 Å². The van der Waals surface area contributed by atoms with E-state index in [1.165, 1.54) is 4.68 Å². The monoisotopic (exact) mass is 328 g/mol. The molecule has 3 aromatic rings. The molecule has 5 nitrogen and oxygen atoms in total. The third kappa shape index (κ3) is 3.05. The first-order valence-corrected chi connectivity index (χ1v) is 7.70. The topological polar surface area (TPSA) is 63.6 Å². The third-order valence-corrected chi connectivity index (χ3v) is 4.06. The summed E-state index contributed by atoms with van der Waals surface area (Å²) >= 11 is 6.20. The van der Waals surface area contributed by atoms with Crippen LogP contribution >= 0.6 is 11.6 Å². The molecule has 0 aliphatic heterocycles. The fourth-order valence-corrected chi connectivity index (χ4v) is 2.77. The molecular formula is C17H17ClN4O. The minimum atomic E-state index is -0.146. The van der Waals surface area contributed by atoms with Crippen LogP contribution in [0.4, 0.5) is 0 Å². The highest BCUT2D eigenvalue weighted by atomic mass is 35.5. The number of benzene rings is 1. The lowest BCUT2D eigenvalue weighted by atomic mass is 10.1. The van der Waals surface area contributed by atoms with E-state index in [2.05, 4.69) is 15.1 Å². The number of aryl methyl sites for hydroxylation is 3. The lowest BCUT2D eigenvalue weighted by Gasteiger charge is -2.03. The molecule has 0 radical (unpaired) electrons. The highest BCUT2D eigenvalue weighted by Crippen LogP contribution is 2.19. The SMILES string of the molecule is Cc1cc(C)nc(-n2[nH]c(C)c(Cc3ccccc3Cl)c2=O)n1. The van der Waals surface area contributed by atoms with Crippen molar-refractivity contribution in [2.75, 3.05) is 0 Å². The molecule has 0 atom stereocenters. The number of aromatic amines is 1. The molecule has 0 saturated heterocycles. The number of aromatic nitrogens is 4. The van der Waals surface area contributed by atoms with Crippen LogP contribution in [-0.2, 0) is 6.42 Å². The Bertz CT molecular complexity index is 906. The lowest BCUT2D eigenvalue weighted by Crippen LogP contribution is -2.20. The van der Waals surface area contributed by atoms with Crippen molar-refractivity contribution in [2.24, 2.45) is 0 Å². The van der Waals surface area contributed by atoms with Gasteiger partial charge in [-0.25, -0.2) is 9.97 Å². The normalized spacial score (nSPS) is 11.0. The molecule has 2 aromatic heterocycles. The summed E-state index contributed by atoms with van der Waals surface area (Å²) in [6.45, 7) is 5.63. The van der Waals surface area contributed by atoms with Gasteiger partial charge in [-0.05, 0) is 38.5 Å². The number of hydrogen-bond acceptors (Lipinski definition) is 3. The van der Waals surface area contributed by atoms with E-state index in [0.29, 0.717) is 23.0 Å². The van der Waals surface area contributed by atoms with E-state index in [0.717, 1.165) is 22.6 Å². The van der Waals surface area contributed by atoms with Gasteiger partial charge in [0.15, 0.2) is 0 Å². The molecule has 118 valence electrons. The largest absolute Gasteiger partial charge is 0.292 e. The van der Waals surface area contributed by atoms with E-state index in [1.807, 2.05) is 51.1 Å². The molecule has 0 aliphatic carbocycles. The Labute approximate surface area is 139 Å². The number of rotatable bonds is 3. The van der Waals surface area contributed by atoms with Gasteiger partial charge in [-0.15, -0.1) is 0 Å². The van der Waals surface area contributed by atoms with Gasteiger partial charge in [0.2, 0.25) is 0 Å². The summed E-state index contributed by atoms with van der Waals surface area (Å²) in [7, 11) is 0. The Morgan fingerprint density at radius 2 is 1.78 bits per heavy atom. The molecular weight excluding hydrogens is 312 g/mol. The summed E-state index contributed by atoms with van der Waals surface area (Å²) in [5.74, 6) is 0.362. The second-order valence-electron chi connectivity index (χ2n) is 5.57. The van der Waals surface area contributed by atoms with Crippen molar-refractivity contribution in [2.45, 2.75) is 27.2 Å². The van der Waals surface area contributed by atoms with Gasteiger partial charge in [0.05, 0.1) is 0 Å². The smallest absolute Gasteiger partial charge is 0.277 e. The quantitative estimate of drug-likeness (QED) is 0.803. The van der Waals surface area contributed by atoms with Gasteiger partial charge in [-0.3, -0.25) is 9.89 Å². The van der Waals surface area contributed by atoms with Gasteiger partial charge in [-0.2, -0.15) is 4.68 Å². The van der Waals surface area contributed by atoms with Crippen LogP contribution in [0.1, 0.15) is 28.2 Å². The Morgan fingerprint density at radius 1 is 1.13 bits per heavy atom. The maximum atomic E-state index is 12.7. The number of H-pyrrole nitrogens is 1. The molecule has 1 aromatic carbocycles. The molecule has 3 rings (SSSR count). The van der Waals surface area contributed by atoms with Crippen molar-refractivity contribution in [3.63, 3.8) is 0 Å². The molecule has 0 fully saturated rings. The summed E-state index contributed by atoms with van der Waals surface area (Å²) in [4.78, 5) is 21.4. The molecule has 0 saturated carbocycles. The first-order valence-electron chi connectivity index (χ1n) is 7.32. The highest BCUT2D eigenvalue weighted by molar-refractivity contribution is 6.31. The maximum Gasteiger partial charge on any atom is 0.277 e. The van der Waals surface area contributed by atoms with Crippen molar-refractivity contribution >= 4 is 11.6 Å². The van der Waals surface area contributed by atoms with Crippen molar-refractivity contribution in [1.82, 2.24) is 19.7 Å². The number of nitrogens with one attached hydrogen (secondary N) is 1. The second kappa shape index (κ2) is 6.01. The predicted octanol–water partition coefficient (Wildman–Crippen LogP) is 3.13. The average molecular weight is 329 g/mol. The zero-order valence-corrected chi connectivity index (χ0v) is 14.0. The molecule has 0 bridgehead atoms. The van der Waals surface area contributed by atoms with Crippen LogP contribution in [0.5, 0.6) is 0 Å². The van der Waals surface area contributed by atoms with Crippen LogP contribution in [0.15, 0.2) is 35.1 Å². The van der Waals surface area contributed by atoms with Crippen molar-refractivity contribution in [3.8, 4) is 5.95 Å². The molecule has 1 N–H and O–H groups in total. The van der Waals surface area contributed by atoms with Crippen LogP contribution in [0.25, 0.3) is 5.95 Å². The van der Waals surface area contributed by atoms with Crippen molar-refractivity contribution in [1.29, 1.82) is 0 Å². The summed E-state index contributed by atoms with van der Waals surface area (Å²) in [6.07, 6.45) is 0.471. The van der Waals surface area contributed by atoms with Gasteiger partial charge < -0.3 is 0 Å². The maximum absolute atomic E-state index is 12.7. The van der Waals surface area contributed by atoms with E-state index in [1.54, 1.807) is 0 Å². The Morgan fingerprint density at radius 3 is 2.43 bits per heavy atom. The lowest BCUT2D eigenvalue weighted by molar-refractivity contribution is 0.762. The van der Waals surface area contributed by atoms with E-state index in [4.69, 9.17) is 11.6 Å². The van der Waals surface area contributed by atoms with E-state index < -0.39 is 0 Å². The van der Waals surface area contributed by atoms with E-state index in [9.17, 15) is 4.79 Å². The minimum absolute atomic E-state index is 0.146. The van der Waals surface area contributed by atoms with Crippen LogP contribution in [0.3, 0.4) is 0 Å². The summed E-state index contributed by atoms with van der Waals surface area (Å²) < 4.78 is 1.39. The fourth-order valence-electron chi connectivity index (χ4n) is 2.57. The summed E-state index contributed by atoms with van der Waals surface area (Å²) in [5.41, 5.74) is 3.87. The summed E-state index contributed by atoms with van der Waals surface area (Å²) in [6, 6.07) is 9.40. The molecule has 23 heavy (non-hydrogen) atoms. The number of halogens is 1. The zero-order valence-electron chi connectivity index (χ0n) is 13.2. The molecule has 0 amide bonds. The number of hydrogen-bond donors (Lipinski definition) is 1. The molecule has 6 heteroatoms. The van der Waals surface area contributed by atoms with Gasteiger partial charge in [0, 0.05) is 34.1 Å². The molecule has 0 unspecified atom stereocenters. The van der Waals surface area contributed by atoms with E-state index in [-0.39, 0.29) is 5.56 Å². The van der Waals surface area contributed by atoms with Gasteiger partial charge >= 0.3 is 0 Å². The van der Waals surface area contributed by atoms with Gasteiger partial charge in [0.25, 0.3) is 11.5 Å². The van der Waals surface area contributed by atoms with Crippen LogP contribution in [-0.4, -0.2) is 19.7 Å². The second-order valence-corrected chi connectivity index (χ2v) is 5.98. The minimum Gasteiger partial charge on any atom is -0.292 e. The van der Waals surface area contributed by atoms with Gasteiger partial charge in [-0.1, -0.05) is 29.8 Å². The molecule has 2 heterocycles. The van der Waals surface area contributed by atoms with Crippen molar-refractivity contribution < 1.29 is 0 Å². The van der Waals surface area contributed by atoms with Gasteiger partial charge in [0.1, 0.15) is 0 Å². The van der Waals surface area contributed by atoms with Crippen LogP contribution in [0.2, 0.25) is 5.02 Å².